The Kier molecular flexibility index (Phi) is 2.57. The molecule has 0 radical (unpaired) electrons. The zero-order chi connectivity index (χ0) is 10.1. The maximum atomic E-state index is 5.77. The number of hydrogen-bond acceptors (Lipinski definition) is 2. The van der Waals surface area contributed by atoms with Gasteiger partial charge < -0.3 is 5.73 Å². The normalized spacial score (nSPS) is 32.6. The predicted molar refractivity (Wildman–Crippen MR) is 59.3 cm³/mol. The largest absolute Gasteiger partial charge is 0.329 e. The second-order valence-corrected chi connectivity index (χ2v) is 4.15. The van der Waals surface area contributed by atoms with Crippen LogP contribution in [0.5, 0.6) is 0 Å². The highest BCUT2D eigenvalue weighted by molar-refractivity contribution is 5.27. The van der Waals surface area contributed by atoms with Crippen molar-refractivity contribution in [3.05, 3.63) is 35.9 Å². The molecule has 1 aromatic rings. The molecule has 0 aliphatic carbocycles. The molecule has 1 aliphatic heterocycles. The quantitative estimate of drug-likeness (QED) is 0.764. The lowest BCUT2D eigenvalue weighted by molar-refractivity contribution is 0.0286. The lowest BCUT2D eigenvalue weighted by Gasteiger charge is -2.52. The Hall–Kier alpha value is -0.860. The van der Waals surface area contributed by atoms with Gasteiger partial charge in [-0.3, -0.25) is 4.90 Å². The van der Waals surface area contributed by atoms with E-state index >= 15 is 0 Å². The molecule has 2 rings (SSSR count). The molecule has 0 aromatic heterocycles. The van der Waals surface area contributed by atoms with Gasteiger partial charge in [0.25, 0.3) is 0 Å². The summed E-state index contributed by atoms with van der Waals surface area (Å²) in [6.45, 7) is 3.02. The third kappa shape index (κ3) is 1.35. The monoisotopic (exact) mass is 190 g/mol. The second kappa shape index (κ2) is 3.71. The molecule has 0 saturated carbocycles. The van der Waals surface area contributed by atoms with Crippen LogP contribution in [-0.4, -0.2) is 30.6 Å². The third-order valence-electron chi connectivity index (χ3n) is 3.53. The van der Waals surface area contributed by atoms with Gasteiger partial charge in [0.15, 0.2) is 0 Å². The molecule has 1 heterocycles. The molecule has 14 heavy (non-hydrogen) atoms. The number of nitrogens with two attached hydrogens (primary N) is 1. The molecule has 0 amide bonds. The van der Waals surface area contributed by atoms with E-state index in [1.165, 1.54) is 5.56 Å². The smallest absolute Gasteiger partial charge is 0.0301 e. The van der Waals surface area contributed by atoms with E-state index in [2.05, 4.69) is 49.2 Å². The molecule has 1 fully saturated rings. The van der Waals surface area contributed by atoms with Crippen LogP contribution in [0.15, 0.2) is 30.3 Å². The Balaban J connectivity index is 2.19. The molecule has 76 valence electrons. The molecule has 2 nitrogen and oxygen atoms in total. The van der Waals surface area contributed by atoms with Crippen molar-refractivity contribution in [2.45, 2.75) is 24.9 Å². The molecule has 1 saturated heterocycles. The van der Waals surface area contributed by atoms with Crippen LogP contribution in [-0.2, 0) is 0 Å². The number of nitrogens with zero attached hydrogens (tertiary/aromatic N) is 1. The van der Waals surface area contributed by atoms with Crippen molar-refractivity contribution in [3.63, 3.8) is 0 Å². The first-order valence-electron chi connectivity index (χ1n) is 5.22. The fourth-order valence-corrected chi connectivity index (χ4v) is 2.52. The Labute approximate surface area is 85.7 Å². The van der Waals surface area contributed by atoms with Gasteiger partial charge in [0.2, 0.25) is 0 Å². The topological polar surface area (TPSA) is 29.3 Å². The van der Waals surface area contributed by atoms with E-state index in [1.807, 2.05) is 0 Å². The van der Waals surface area contributed by atoms with Crippen LogP contribution in [0.1, 0.15) is 18.4 Å². The van der Waals surface area contributed by atoms with E-state index in [0.717, 1.165) is 6.54 Å². The molecule has 2 N–H and O–H groups in total. The summed E-state index contributed by atoms with van der Waals surface area (Å²) in [5.74, 6) is 0.617. The first kappa shape index (κ1) is 9.69. The van der Waals surface area contributed by atoms with Crippen molar-refractivity contribution >= 4 is 0 Å². The first-order chi connectivity index (χ1) is 6.75. The lowest BCUT2D eigenvalue weighted by atomic mass is 9.76. The number of rotatable bonds is 2. The maximum Gasteiger partial charge on any atom is 0.0301 e. The predicted octanol–water partition coefficient (Wildman–Crippen LogP) is 1.43. The fourth-order valence-electron chi connectivity index (χ4n) is 2.52. The summed E-state index contributed by atoms with van der Waals surface area (Å²) in [5.41, 5.74) is 7.20. The molecule has 1 aromatic carbocycles. The zero-order valence-electron chi connectivity index (χ0n) is 8.85. The number of hydrogen-bond donors (Lipinski definition) is 1. The summed E-state index contributed by atoms with van der Waals surface area (Å²) in [5, 5.41) is 0. The summed E-state index contributed by atoms with van der Waals surface area (Å²) in [4.78, 5) is 2.36. The minimum absolute atomic E-state index is 0.521. The van der Waals surface area contributed by atoms with Crippen molar-refractivity contribution in [2.75, 3.05) is 13.6 Å². The van der Waals surface area contributed by atoms with Gasteiger partial charge >= 0.3 is 0 Å². The van der Waals surface area contributed by atoms with Gasteiger partial charge in [-0.2, -0.15) is 0 Å². The van der Waals surface area contributed by atoms with Crippen LogP contribution >= 0.6 is 0 Å². The van der Waals surface area contributed by atoms with Gasteiger partial charge in [-0.25, -0.2) is 0 Å². The minimum atomic E-state index is 0.521. The van der Waals surface area contributed by atoms with Gasteiger partial charge in [-0.15, -0.1) is 0 Å². The van der Waals surface area contributed by atoms with E-state index in [0.29, 0.717) is 18.0 Å². The first-order valence-corrected chi connectivity index (χ1v) is 5.22. The molecule has 0 bridgehead atoms. The summed E-state index contributed by atoms with van der Waals surface area (Å²) < 4.78 is 0. The summed E-state index contributed by atoms with van der Waals surface area (Å²) in [7, 11) is 2.15. The van der Waals surface area contributed by atoms with Gasteiger partial charge in [0, 0.05) is 24.5 Å². The molecular weight excluding hydrogens is 172 g/mol. The van der Waals surface area contributed by atoms with Gasteiger partial charge in [0.1, 0.15) is 0 Å². The molecular formula is C12H18N2. The van der Waals surface area contributed by atoms with Crippen molar-refractivity contribution in [2.24, 2.45) is 5.73 Å². The van der Waals surface area contributed by atoms with E-state index in [9.17, 15) is 0 Å². The number of benzene rings is 1. The SMILES string of the molecule is C[C@H]1[C@H](c2ccccc2)[C@@H](CN)N1C. The van der Waals surface area contributed by atoms with E-state index in [-0.39, 0.29) is 0 Å². The van der Waals surface area contributed by atoms with Crippen molar-refractivity contribution < 1.29 is 0 Å². The lowest BCUT2D eigenvalue weighted by Crippen LogP contribution is -2.61. The van der Waals surface area contributed by atoms with Crippen LogP contribution in [0.25, 0.3) is 0 Å². The molecule has 0 spiro atoms. The maximum absolute atomic E-state index is 5.77. The number of likely N-dealkylation sites (tertiary alicyclic amines) is 1. The molecule has 3 atom stereocenters. The Morgan fingerprint density at radius 3 is 2.50 bits per heavy atom. The molecule has 2 heteroatoms. The highest BCUT2D eigenvalue weighted by atomic mass is 15.2. The average Bonchev–Trinajstić information content (AvgIpc) is 2.25. The van der Waals surface area contributed by atoms with Crippen LogP contribution < -0.4 is 5.73 Å². The Morgan fingerprint density at radius 2 is 1.93 bits per heavy atom. The average molecular weight is 190 g/mol. The van der Waals surface area contributed by atoms with Gasteiger partial charge in [-0.05, 0) is 19.5 Å². The van der Waals surface area contributed by atoms with Crippen LogP contribution in [0.2, 0.25) is 0 Å². The standard InChI is InChI=1S/C12H18N2/c1-9-12(11(8-13)14(9)2)10-6-4-3-5-7-10/h3-7,9,11-12H,8,13H2,1-2H3/t9-,11+,12+/m0/s1. The third-order valence-corrected chi connectivity index (χ3v) is 3.53. The Bertz CT molecular complexity index is 296. The molecule has 0 unspecified atom stereocenters. The number of likely N-dealkylation sites (N-methyl/N-ethyl adjacent to an activating group) is 1. The highest BCUT2D eigenvalue weighted by Gasteiger charge is 2.42. The second-order valence-electron chi connectivity index (χ2n) is 4.15. The van der Waals surface area contributed by atoms with E-state index in [4.69, 9.17) is 5.73 Å². The summed E-state index contributed by atoms with van der Waals surface area (Å²) >= 11 is 0. The van der Waals surface area contributed by atoms with Crippen molar-refractivity contribution in [3.8, 4) is 0 Å². The summed E-state index contributed by atoms with van der Waals surface area (Å²) in [6.07, 6.45) is 0. The van der Waals surface area contributed by atoms with E-state index in [1.54, 1.807) is 0 Å². The molecule has 1 aliphatic rings. The van der Waals surface area contributed by atoms with Crippen molar-refractivity contribution in [1.82, 2.24) is 4.90 Å². The van der Waals surface area contributed by atoms with Crippen LogP contribution in [0.4, 0.5) is 0 Å². The fraction of sp³-hybridized carbons (Fsp3) is 0.500. The Morgan fingerprint density at radius 1 is 1.29 bits per heavy atom. The van der Waals surface area contributed by atoms with Crippen molar-refractivity contribution in [1.29, 1.82) is 0 Å². The van der Waals surface area contributed by atoms with E-state index < -0.39 is 0 Å². The minimum Gasteiger partial charge on any atom is -0.329 e. The van der Waals surface area contributed by atoms with Crippen LogP contribution in [0, 0.1) is 0 Å². The zero-order valence-corrected chi connectivity index (χ0v) is 8.85. The highest BCUT2D eigenvalue weighted by Crippen LogP contribution is 2.38. The summed E-state index contributed by atoms with van der Waals surface area (Å²) in [6, 6.07) is 11.8. The van der Waals surface area contributed by atoms with Gasteiger partial charge in [0.05, 0.1) is 0 Å². The van der Waals surface area contributed by atoms with Crippen LogP contribution in [0.3, 0.4) is 0 Å². The van der Waals surface area contributed by atoms with Gasteiger partial charge in [-0.1, -0.05) is 30.3 Å².